The molecule has 0 spiro atoms. The topological polar surface area (TPSA) is 80.8 Å². The van der Waals surface area contributed by atoms with Gasteiger partial charge in [0.1, 0.15) is 0 Å². The summed E-state index contributed by atoms with van der Waals surface area (Å²) in [6, 6.07) is 6.77. The number of pyridine rings is 1. The number of halogens is 3. The number of aromatic nitrogens is 2. The van der Waals surface area contributed by atoms with Crippen LogP contribution in [0.5, 0.6) is 0 Å². The number of carbonyl (C=O) groups is 1. The third kappa shape index (κ3) is 6.82. The van der Waals surface area contributed by atoms with E-state index in [1.807, 2.05) is 12.1 Å². The fraction of sp³-hybridized carbons (Fsp3) is 0.594. The first-order chi connectivity index (χ1) is 20.4. The normalized spacial score (nSPS) is 20.2. The van der Waals surface area contributed by atoms with Crippen LogP contribution in [0.3, 0.4) is 0 Å². The number of alkyl halides is 3. The molecule has 43 heavy (non-hydrogen) atoms. The molecule has 3 aromatic rings. The first-order valence-corrected chi connectivity index (χ1v) is 15.1. The summed E-state index contributed by atoms with van der Waals surface area (Å²) in [5, 5.41) is 0. The first kappa shape index (κ1) is 31.3. The summed E-state index contributed by atoms with van der Waals surface area (Å²) in [5.41, 5.74) is 1.68. The summed E-state index contributed by atoms with van der Waals surface area (Å²) in [6.45, 7) is 9.70. The molecule has 2 atom stereocenters. The molecular weight excluding hydrogens is 561 g/mol. The molecule has 2 aliphatic rings. The van der Waals surface area contributed by atoms with Crippen LogP contribution in [0.15, 0.2) is 39.7 Å². The number of hydrogen-bond acceptors (Lipinski definition) is 6. The van der Waals surface area contributed by atoms with Crippen molar-refractivity contribution in [2.75, 3.05) is 32.8 Å². The molecule has 0 aliphatic carbocycles. The summed E-state index contributed by atoms with van der Waals surface area (Å²) in [6.07, 6.45) is -0.671. The van der Waals surface area contributed by atoms with E-state index in [0.29, 0.717) is 79.8 Å². The van der Waals surface area contributed by atoms with Gasteiger partial charge in [-0.3, -0.25) is 19.2 Å². The van der Waals surface area contributed by atoms with E-state index in [0.717, 1.165) is 30.7 Å². The minimum Gasteiger partial charge on any atom is -0.408 e. The fourth-order valence-electron chi connectivity index (χ4n) is 6.17. The van der Waals surface area contributed by atoms with Crippen LogP contribution in [0.1, 0.15) is 62.4 Å². The molecule has 1 saturated heterocycles. The molecule has 5 rings (SSSR count). The predicted molar refractivity (Wildman–Crippen MR) is 156 cm³/mol. The second-order valence-electron chi connectivity index (χ2n) is 12.7. The van der Waals surface area contributed by atoms with Gasteiger partial charge in [-0.15, -0.1) is 0 Å². The Labute approximate surface area is 249 Å². The highest BCUT2D eigenvalue weighted by molar-refractivity contribution is 5.84. The number of rotatable bonds is 10. The number of oxazole rings is 1. The quantitative estimate of drug-likeness (QED) is 0.289. The van der Waals surface area contributed by atoms with Crippen molar-refractivity contribution in [1.29, 1.82) is 0 Å². The monoisotopic (exact) mass is 602 g/mol. The van der Waals surface area contributed by atoms with Gasteiger partial charge in [0.25, 0.3) is 0 Å². The van der Waals surface area contributed by atoms with Gasteiger partial charge in [-0.05, 0) is 67.0 Å². The van der Waals surface area contributed by atoms with Gasteiger partial charge in [0.05, 0.1) is 23.1 Å². The molecular formula is C32H41F3N4O4. The lowest BCUT2D eigenvalue weighted by molar-refractivity contribution is -0.146. The van der Waals surface area contributed by atoms with Crippen molar-refractivity contribution in [3.63, 3.8) is 0 Å². The highest BCUT2D eigenvalue weighted by Crippen LogP contribution is 2.37. The van der Waals surface area contributed by atoms with Crippen molar-refractivity contribution < 1.29 is 27.1 Å². The molecule has 0 bridgehead atoms. The van der Waals surface area contributed by atoms with Crippen LogP contribution < -0.4 is 5.76 Å². The second kappa shape index (κ2) is 12.4. The third-order valence-corrected chi connectivity index (χ3v) is 9.27. The molecule has 4 heterocycles. The van der Waals surface area contributed by atoms with E-state index in [4.69, 9.17) is 9.15 Å². The zero-order valence-corrected chi connectivity index (χ0v) is 25.4. The highest BCUT2D eigenvalue weighted by Gasteiger charge is 2.47. The Hall–Kier alpha value is -3.18. The van der Waals surface area contributed by atoms with E-state index >= 15 is 0 Å². The van der Waals surface area contributed by atoms with E-state index < -0.39 is 22.9 Å². The third-order valence-electron chi connectivity index (χ3n) is 9.27. The molecule has 234 valence electrons. The molecule has 0 N–H and O–H groups in total. The van der Waals surface area contributed by atoms with Crippen LogP contribution in [-0.4, -0.2) is 58.1 Å². The molecule has 2 aliphatic heterocycles. The smallest absolute Gasteiger partial charge is 0.408 e. The maximum atomic E-state index is 14.2. The van der Waals surface area contributed by atoms with Gasteiger partial charge in [-0.2, -0.15) is 13.2 Å². The first-order valence-electron chi connectivity index (χ1n) is 15.1. The molecule has 2 aromatic heterocycles. The van der Waals surface area contributed by atoms with Crippen LogP contribution in [0.4, 0.5) is 13.2 Å². The number of hydrogen-bond donors (Lipinski definition) is 0. The molecule has 0 radical (unpaired) electrons. The van der Waals surface area contributed by atoms with E-state index in [-0.39, 0.29) is 19.1 Å². The number of amides is 1. The second-order valence-corrected chi connectivity index (χ2v) is 12.7. The number of aryl methyl sites for hydroxylation is 1. The molecule has 1 aromatic carbocycles. The number of ether oxygens (including phenoxy) is 1. The SMILES string of the molecule is CC(C)C(C)CCCOCC1(C(=O)N2CCc3ncc(C(F)(F)F)cc3C2)CCN(Cc2ccc3oc(=O)n(C)c3c2)C1. The zero-order chi connectivity index (χ0) is 30.9. The van der Waals surface area contributed by atoms with Crippen LogP contribution in [0, 0.1) is 17.3 Å². The summed E-state index contributed by atoms with van der Waals surface area (Å²) < 4.78 is 53.1. The molecule has 11 heteroatoms. The lowest BCUT2D eigenvalue weighted by Gasteiger charge is -2.37. The Balaban J connectivity index is 1.32. The number of benzene rings is 1. The standard InChI is InChI=1S/C32H41F3N4O4/c1-21(2)22(3)6-5-13-42-20-31(29(40)39-11-9-26-24(18-39)15-25(16-36-26)32(33,34)35)10-12-38(19-31)17-23-7-8-28-27(14-23)37(4)30(41)43-28/h7-8,14-16,21-22H,5-6,9-13,17-20H2,1-4H3. The Bertz CT molecular complexity index is 1510. The number of fused-ring (bicyclic) bond motifs is 2. The highest BCUT2D eigenvalue weighted by atomic mass is 19.4. The molecule has 0 saturated carbocycles. The van der Waals surface area contributed by atoms with Gasteiger partial charge < -0.3 is 14.1 Å². The Kier molecular flexibility index (Phi) is 9.04. The number of carbonyl (C=O) groups excluding carboxylic acids is 1. The summed E-state index contributed by atoms with van der Waals surface area (Å²) >= 11 is 0. The average Bonchev–Trinajstić information content (AvgIpc) is 3.51. The minimum atomic E-state index is -4.49. The zero-order valence-electron chi connectivity index (χ0n) is 25.4. The average molecular weight is 603 g/mol. The van der Waals surface area contributed by atoms with Gasteiger partial charge in [0, 0.05) is 58.1 Å². The predicted octanol–water partition coefficient (Wildman–Crippen LogP) is 5.41. The number of nitrogens with zero attached hydrogens (tertiary/aromatic N) is 4. The Morgan fingerprint density at radius 2 is 1.98 bits per heavy atom. The van der Waals surface area contributed by atoms with Crippen molar-refractivity contribution in [3.8, 4) is 0 Å². The van der Waals surface area contributed by atoms with E-state index in [9.17, 15) is 22.8 Å². The van der Waals surface area contributed by atoms with Crippen molar-refractivity contribution in [1.82, 2.24) is 19.4 Å². The largest absolute Gasteiger partial charge is 0.419 e. The summed E-state index contributed by atoms with van der Waals surface area (Å²) in [7, 11) is 1.67. The summed E-state index contributed by atoms with van der Waals surface area (Å²) in [5.74, 6) is 0.672. The van der Waals surface area contributed by atoms with Gasteiger partial charge in [0.15, 0.2) is 5.58 Å². The maximum absolute atomic E-state index is 14.2. The van der Waals surface area contributed by atoms with Crippen molar-refractivity contribution in [2.24, 2.45) is 24.3 Å². The minimum absolute atomic E-state index is 0.0821. The van der Waals surface area contributed by atoms with Crippen molar-refractivity contribution >= 4 is 17.0 Å². The molecule has 2 unspecified atom stereocenters. The van der Waals surface area contributed by atoms with E-state index in [1.54, 1.807) is 18.0 Å². The molecule has 8 nitrogen and oxygen atoms in total. The van der Waals surface area contributed by atoms with Gasteiger partial charge in [-0.1, -0.05) is 26.8 Å². The van der Waals surface area contributed by atoms with Gasteiger partial charge >= 0.3 is 11.9 Å². The summed E-state index contributed by atoms with van der Waals surface area (Å²) in [4.78, 5) is 34.1. The van der Waals surface area contributed by atoms with Crippen molar-refractivity contribution in [3.05, 3.63) is 63.4 Å². The van der Waals surface area contributed by atoms with Crippen molar-refractivity contribution in [2.45, 2.75) is 65.7 Å². The molecule has 1 fully saturated rings. The van der Waals surface area contributed by atoms with Crippen LogP contribution in [0.2, 0.25) is 0 Å². The molecule has 1 amide bonds. The van der Waals surface area contributed by atoms with Crippen LogP contribution >= 0.6 is 0 Å². The lowest BCUT2D eigenvalue weighted by atomic mass is 9.85. The maximum Gasteiger partial charge on any atom is 0.419 e. The van der Waals surface area contributed by atoms with Crippen LogP contribution in [-0.2, 0) is 42.3 Å². The van der Waals surface area contributed by atoms with E-state index in [1.165, 1.54) is 4.57 Å². The Morgan fingerprint density at radius 1 is 1.19 bits per heavy atom. The fourth-order valence-corrected chi connectivity index (χ4v) is 6.17. The van der Waals surface area contributed by atoms with Crippen LogP contribution in [0.25, 0.3) is 11.1 Å². The van der Waals surface area contributed by atoms with Gasteiger partial charge in [-0.25, -0.2) is 4.79 Å². The van der Waals surface area contributed by atoms with E-state index in [2.05, 4.69) is 30.7 Å². The number of likely N-dealkylation sites (tertiary alicyclic amines) is 1. The lowest BCUT2D eigenvalue weighted by Crippen LogP contribution is -2.49. The van der Waals surface area contributed by atoms with Gasteiger partial charge in [0.2, 0.25) is 5.91 Å². The Morgan fingerprint density at radius 3 is 2.72 bits per heavy atom.